The minimum atomic E-state index is -0.525. The van der Waals surface area contributed by atoms with Gasteiger partial charge in [0.2, 0.25) is 5.69 Å². The maximum absolute atomic E-state index is 12.0. The first-order valence-electron chi connectivity index (χ1n) is 6.30. The maximum atomic E-state index is 12.0. The van der Waals surface area contributed by atoms with Crippen molar-refractivity contribution in [1.82, 2.24) is 0 Å². The van der Waals surface area contributed by atoms with E-state index in [0.717, 1.165) is 11.3 Å². The average molecular weight is 285 g/mol. The van der Waals surface area contributed by atoms with Crippen LogP contribution >= 0.6 is 0 Å². The largest absolute Gasteiger partial charge is 0.618 e. The molecule has 0 saturated heterocycles. The molecule has 0 unspecified atom stereocenters. The molecule has 21 heavy (non-hydrogen) atoms. The minimum Gasteiger partial charge on any atom is -0.618 e. The van der Waals surface area contributed by atoms with Crippen molar-refractivity contribution in [2.24, 2.45) is 0 Å². The van der Waals surface area contributed by atoms with Gasteiger partial charge < -0.3 is 10.1 Å². The highest BCUT2D eigenvalue weighted by Gasteiger charge is 2.10. The van der Waals surface area contributed by atoms with Gasteiger partial charge in [0, 0.05) is 37.5 Å². The SMILES string of the molecule is CN(C)c1ccc(/C=[N+](\[O-])c2cccc([N+](=O)[O-])c2)cc1. The van der Waals surface area contributed by atoms with Crippen LogP contribution in [-0.4, -0.2) is 30.0 Å². The second-order valence-electron chi connectivity index (χ2n) is 4.72. The molecule has 0 aliphatic rings. The van der Waals surface area contributed by atoms with Crippen LogP contribution in [0, 0.1) is 15.3 Å². The first kappa shape index (κ1) is 14.5. The third-order valence-corrected chi connectivity index (χ3v) is 2.97. The number of nitrogens with zero attached hydrogens (tertiary/aromatic N) is 3. The summed E-state index contributed by atoms with van der Waals surface area (Å²) in [6, 6.07) is 13.0. The Morgan fingerprint density at radius 1 is 1.00 bits per heavy atom. The van der Waals surface area contributed by atoms with E-state index in [4.69, 9.17) is 0 Å². The molecule has 0 aliphatic heterocycles. The van der Waals surface area contributed by atoms with Gasteiger partial charge in [-0.2, -0.15) is 4.74 Å². The van der Waals surface area contributed by atoms with Crippen LogP contribution in [0.5, 0.6) is 0 Å². The Hall–Kier alpha value is -2.89. The lowest BCUT2D eigenvalue weighted by atomic mass is 10.2. The number of benzene rings is 2. The number of non-ortho nitro benzene ring substituents is 1. The van der Waals surface area contributed by atoms with Crippen molar-refractivity contribution in [1.29, 1.82) is 0 Å². The number of nitro groups is 1. The van der Waals surface area contributed by atoms with Gasteiger partial charge in [0.05, 0.1) is 11.0 Å². The quantitative estimate of drug-likeness (QED) is 0.285. The topological polar surface area (TPSA) is 72.5 Å². The molecule has 0 spiro atoms. The molecule has 0 aliphatic carbocycles. The molecule has 6 heteroatoms. The van der Waals surface area contributed by atoms with Crippen molar-refractivity contribution in [3.8, 4) is 0 Å². The van der Waals surface area contributed by atoms with Gasteiger partial charge in [-0.15, -0.1) is 0 Å². The summed E-state index contributed by atoms with van der Waals surface area (Å²) in [4.78, 5) is 12.1. The number of rotatable bonds is 4. The summed E-state index contributed by atoms with van der Waals surface area (Å²) in [5.41, 5.74) is 1.87. The van der Waals surface area contributed by atoms with Crippen molar-refractivity contribution in [3.63, 3.8) is 0 Å². The molecule has 0 aromatic heterocycles. The molecule has 0 atom stereocenters. The minimum absolute atomic E-state index is 0.107. The van der Waals surface area contributed by atoms with Gasteiger partial charge in [0.1, 0.15) is 0 Å². The average Bonchev–Trinajstić information content (AvgIpc) is 2.48. The Balaban J connectivity index is 2.28. The summed E-state index contributed by atoms with van der Waals surface area (Å²) in [7, 11) is 3.86. The first-order chi connectivity index (χ1) is 9.97. The summed E-state index contributed by atoms with van der Waals surface area (Å²) in [6.45, 7) is 0. The Kier molecular flexibility index (Phi) is 4.18. The summed E-state index contributed by atoms with van der Waals surface area (Å²) < 4.78 is 0.623. The molecule has 108 valence electrons. The third-order valence-electron chi connectivity index (χ3n) is 2.97. The van der Waals surface area contributed by atoms with E-state index in [2.05, 4.69) is 0 Å². The molecule has 0 N–H and O–H groups in total. The van der Waals surface area contributed by atoms with E-state index in [0.29, 0.717) is 4.74 Å². The van der Waals surface area contributed by atoms with E-state index in [1.807, 2.05) is 43.3 Å². The molecule has 6 nitrogen and oxygen atoms in total. The summed E-state index contributed by atoms with van der Waals surface area (Å²) >= 11 is 0. The smallest absolute Gasteiger partial charge is 0.276 e. The Morgan fingerprint density at radius 3 is 2.19 bits per heavy atom. The zero-order valence-corrected chi connectivity index (χ0v) is 11.8. The molecule has 0 amide bonds. The van der Waals surface area contributed by atoms with Gasteiger partial charge in [0.25, 0.3) is 5.69 Å². The predicted molar refractivity (Wildman–Crippen MR) is 82.3 cm³/mol. The Labute approximate surface area is 122 Å². The van der Waals surface area contributed by atoms with Crippen LogP contribution in [0.25, 0.3) is 0 Å². The van der Waals surface area contributed by atoms with Crippen molar-refractivity contribution < 1.29 is 9.66 Å². The van der Waals surface area contributed by atoms with E-state index in [9.17, 15) is 15.3 Å². The molecule has 2 aromatic rings. The van der Waals surface area contributed by atoms with Crippen LogP contribution in [0.15, 0.2) is 48.5 Å². The normalized spacial score (nSPS) is 11.2. The zero-order chi connectivity index (χ0) is 15.4. The van der Waals surface area contributed by atoms with Gasteiger partial charge in [-0.3, -0.25) is 10.1 Å². The van der Waals surface area contributed by atoms with Crippen molar-refractivity contribution >= 4 is 23.3 Å². The monoisotopic (exact) mass is 285 g/mol. The number of nitro benzene ring substituents is 1. The fourth-order valence-electron chi connectivity index (χ4n) is 1.81. The second-order valence-corrected chi connectivity index (χ2v) is 4.72. The van der Waals surface area contributed by atoms with Gasteiger partial charge >= 0.3 is 0 Å². The summed E-state index contributed by atoms with van der Waals surface area (Å²) in [5.74, 6) is 0. The Morgan fingerprint density at radius 2 is 1.62 bits per heavy atom. The molecule has 0 heterocycles. The lowest BCUT2D eigenvalue weighted by molar-refractivity contribution is -0.387. The second kappa shape index (κ2) is 6.04. The van der Waals surface area contributed by atoms with Gasteiger partial charge in [-0.05, 0) is 30.3 Å². The number of anilines is 1. The van der Waals surface area contributed by atoms with Gasteiger partial charge in [0.15, 0.2) is 6.21 Å². The van der Waals surface area contributed by atoms with Crippen molar-refractivity contribution in [2.75, 3.05) is 19.0 Å². The molecular weight excluding hydrogens is 270 g/mol. The Bertz CT molecular complexity index is 679. The molecule has 0 bridgehead atoms. The number of hydrogen-bond donors (Lipinski definition) is 0. The van der Waals surface area contributed by atoms with Gasteiger partial charge in [-0.25, -0.2) is 0 Å². The highest BCUT2D eigenvalue weighted by atomic mass is 16.6. The molecular formula is C15H15N3O3. The molecule has 0 fully saturated rings. The fraction of sp³-hybridized carbons (Fsp3) is 0.133. The van der Waals surface area contributed by atoms with E-state index < -0.39 is 4.92 Å². The molecule has 0 saturated carbocycles. The van der Waals surface area contributed by atoms with Crippen LogP contribution in [0.3, 0.4) is 0 Å². The van der Waals surface area contributed by atoms with Crippen LogP contribution in [0.2, 0.25) is 0 Å². The molecule has 0 radical (unpaired) electrons. The fourth-order valence-corrected chi connectivity index (χ4v) is 1.81. The van der Waals surface area contributed by atoms with Crippen LogP contribution < -0.4 is 4.90 Å². The highest BCUT2D eigenvalue weighted by Crippen LogP contribution is 2.19. The standard InChI is InChI=1S/C15H15N3O3/c1-16(2)13-8-6-12(7-9-13)11-17(19)14-4-3-5-15(10-14)18(20)21/h3-11H,1-2H3/b17-11-. The molecule has 2 rings (SSSR count). The molecule has 2 aromatic carbocycles. The lowest BCUT2D eigenvalue weighted by Crippen LogP contribution is -2.08. The highest BCUT2D eigenvalue weighted by molar-refractivity contribution is 5.77. The first-order valence-corrected chi connectivity index (χ1v) is 6.30. The van der Waals surface area contributed by atoms with Crippen molar-refractivity contribution in [2.45, 2.75) is 0 Å². The number of hydrogen-bond acceptors (Lipinski definition) is 4. The van der Waals surface area contributed by atoms with Gasteiger partial charge in [-0.1, -0.05) is 0 Å². The third kappa shape index (κ3) is 3.56. The predicted octanol–water partition coefficient (Wildman–Crippen LogP) is 2.92. The van der Waals surface area contributed by atoms with Crippen LogP contribution in [0.1, 0.15) is 5.56 Å². The van der Waals surface area contributed by atoms with E-state index in [1.165, 1.54) is 30.5 Å². The van der Waals surface area contributed by atoms with Crippen LogP contribution in [0.4, 0.5) is 17.1 Å². The maximum Gasteiger partial charge on any atom is 0.276 e. The summed E-state index contributed by atoms with van der Waals surface area (Å²) in [5, 5.41) is 22.7. The van der Waals surface area contributed by atoms with Crippen molar-refractivity contribution in [3.05, 3.63) is 69.4 Å². The lowest BCUT2D eigenvalue weighted by Gasteiger charge is -2.11. The van der Waals surface area contributed by atoms with E-state index in [1.54, 1.807) is 0 Å². The summed E-state index contributed by atoms with van der Waals surface area (Å²) in [6.07, 6.45) is 1.39. The van der Waals surface area contributed by atoms with E-state index in [-0.39, 0.29) is 11.4 Å². The van der Waals surface area contributed by atoms with E-state index >= 15 is 0 Å². The van der Waals surface area contributed by atoms with Crippen LogP contribution in [-0.2, 0) is 0 Å². The zero-order valence-electron chi connectivity index (χ0n) is 11.8.